The first-order valence-corrected chi connectivity index (χ1v) is 9.49. The molecule has 26 heavy (non-hydrogen) atoms. The van der Waals surface area contributed by atoms with Crippen LogP contribution in [0.4, 0.5) is 10.5 Å². The number of allylic oxidation sites excluding steroid dienone is 1. The van der Waals surface area contributed by atoms with Crippen molar-refractivity contribution in [2.45, 2.75) is 38.2 Å². The number of ether oxygens (including phenoxy) is 1. The molecule has 0 spiro atoms. The molecule has 2 amide bonds. The highest BCUT2D eigenvalue weighted by Gasteiger charge is 2.26. The standard InChI is InChI=1S/C19H27N3O3S/c1-5-6-17(23)20-15-7-9-16(10-8-15)26-22-13-11-21(12-14-22)18(24)25-19(2,3)4/h5-10H,11-14H2,1-4H3,(H,20,23)/b6-5-. The molecule has 7 heteroatoms. The minimum atomic E-state index is -0.465. The SMILES string of the molecule is C/C=C\C(=O)Nc1ccc(SN2CCN(C(=O)OC(C)(C)C)CC2)cc1. The zero-order valence-corrected chi connectivity index (χ0v) is 16.6. The maximum Gasteiger partial charge on any atom is 0.410 e. The third-order valence-electron chi connectivity index (χ3n) is 3.56. The summed E-state index contributed by atoms with van der Waals surface area (Å²) >= 11 is 1.66. The number of amides is 2. The van der Waals surface area contributed by atoms with Crippen LogP contribution in [0.1, 0.15) is 27.7 Å². The molecule has 142 valence electrons. The molecular weight excluding hydrogens is 350 g/mol. The molecule has 6 nitrogen and oxygen atoms in total. The highest BCUT2D eigenvalue weighted by molar-refractivity contribution is 7.97. The number of carbonyl (C=O) groups excluding carboxylic acids is 2. The van der Waals surface area contributed by atoms with Gasteiger partial charge in [0, 0.05) is 36.8 Å². The third-order valence-corrected chi connectivity index (χ3v) is 4.67. The number of rotatable bonds is 4. The highest BCUT2D eigenvalue weighted by atomic mass is 32.2. The van der Waals surface area contributed by atoms with Crippen LogP contribution in [-0.4, -0.2) is 53.0 Å². The van der Waals surface area contributed by atoms with Crippen LogP contribution in [0, 0.1) is 0 Å². The lowest BCUT2D eigenvalue weighted by Crippen LogP contribution is -2.47. The van der Waals surface area contributed by atoms with Gasteiger partial charge in [0.2, 0.25) is 5.91 Å². The van der Waals surface area contributed by atoms with E-state index in [2.05, 4.69) is 9.62 Å². The van der Waals surface area contributed by atoms with Crippen molar-refractivity contribution in [3.8, 4) is 0 Å². The number of hydrogen-bond donors (Lipinski definition) is 1. The number of nitrogens with one attached hydrogen (secondary N) is 1. The van der Waals surface area contributed by atoms with Crippen LogP contribution in [-0.2, 0) is 9.53 Å². The van der Waals surface area contributed by atoms with Crippen LogP contribution >= 0.6 is 11.9 Å². The summed E-state index contributed by atoms with van der Waals surface area (Å²) in [5, 5.41) is 2.80. The molecule has 1 N–H and O–H groups in total. The third kappa shape index (κ3) is 6.72. The van der Waals surface area contributed by atoms with Crippen LogP contribution in [0.5, 0.6) is 0 Å². The molecule has 0 aromatic heterocycles. The number of piperazine rings is 1. The molecule has 0 aliphatic carbocycles. The first kappa shape index (κ1) is 20.3. The summed E-state index contributed by atoms with van der Waals surface area (Å²) in [5.74, 6) is -0.133. The Morgan fingerprint density at radius 1 is 1.12 bits per heavy atom. The molecule has 1 aromatic carbocycles. The Morgan fingerprint density at radius 2 is 1.73 bits per heavy atom. The van der Waals surface area contributed by atoms with Crippen LogP contribution in [0.15, 0.2) is 41.3 Å². The smallest absolute Gasteiger partial charge is 0.410 e. The fraction of sp³-hybridized carbons (Fsp3) is 0.474. The van der Waals surface area contributed by atoms with Gasteiger partial charge in [-0.25, -0.2) is 9.10 Å². The van der Waals surface area contributed by atoms with Crippen molar-refractivity contribution < 1.29 is 14.3 Å². The normalized spacial score (nSPS) is 15.9. The van der Waals surface area contributed by atoms with Gasteiger partial charge in [0.25, 0.3) is 0 Å². The quantitative estimate of drug-likeness (QED) is 0.639. The maximum atomic E-state index is 12.1. The molecule has 1 heterocycles. The van der Waals surface area contributed by atoms with Crippen LogP contribution in [0.3, 0.4) is 0 Å². The number of hydrogen-bond acceptors (Lipinski definition) is 5. The molecule has 1 fully saturated rings. The van der Waals surface area contributed by atoms with Gasteiger partial charge in [-0.15, -0.1) is 0 Å². The van der Waals surface area contributed by atoms with Gasteiger partial charge in [0.05, 0.1) is 0 Å². The van der Waals surface area contributed by atoms with E-state index in [4.69, 9.17) is 4.74 Å². The molecule has 0 bridgehead atoms. The molecule has 1 aromatic rings. The van der Waals surface area contributed by atoms with E-state index in [0.29, 0.717) is 13.1 Å². The molecule has 1 aliphatic rings. The van der Waals surface area contributed by atoms with Crippen LogP contribution < -0.4 is 5.32 Å². The van der Waals surface area contributed by atoms with Crippen molar-refractivity contribution >= 4 is 29.6 Å². The Hall–Kier alpha value is -1.99. The van der Waals surface area contributed by atoms with E-state index in [1.807, 2.05) is 52.0 Å². The van der Waals surface area contributed by atoms with E-state index in [9.17, 15) is 9.59 Å². The second kappa shape index (κ2) is 9.09. The minimum Gasteiger partial charge on any atom is -0.444 e. The fourth-order valence-electron chi connectivity index (χ4n) is 2.37. The Bertz CT molecular complexity index is 645. The predicted octanol–water partition coefficient (Wildman–Crippen LogP) is 3.76. The predicted molar refractivity (Wildman–Crippen MR) is 105 cm³/mol. The second-order valence-corrected chi connectivity index (χ2v) is 8.17. The van der Waals surface area contributed by atoms with Gasteiger partial charge < -0.3 is 15.0 Å². The number of benzene rings is 1. The first-order valence-electron chi connectivity index (χ1n) is 8.71. The van der Waals surface area contributed by atoms with E-state index in [-0.39, 0.29) is 12.0 Å². The molecule has 1 aliphatic heterocycles. The monoisotopic (exact) mass is 377 g/mol. The van der Waals surface area contributed by atoms with Crippen molar-refractivity contribution in [2.24, 2.45) is 0 Å². The van der Waals surface area contributed by atoms with Crippen molar-refractivity contribution in [2.75, 3.05) is 31.5 Å². The minimum absolute atomic E-state index is 0.133. The molecule has 0 unspecified atom stereocenters. The topological polar surface area (TPSA) is 61.9 Å². The molecule has 2 rings (SSSR count). The lowest BCUT2D eigenvalue weighted by atomic mass is 10.2. The summed E-state index contributed by atoms with van der Waals surface area (Å²) in [5.41, 5.74) is 0.305. The van der Waals surface area contributed by atoms with Gasteiger partial charge >= 0.3 is 6.09 Å². The summed E-state index contributed by atoms with van der Waals surface area (Å²) < 4.78 is 7.65. The number of carbonyl (C=O) groups is 2. The molecule has 1 saturated heterocycles. The Kier molecular flexibility index (Phi) is 7.11. The van der Waals surface area contributed by atoms with E-state index < -0.39 is 5.60 Å². The van der Waals surface area contributed by atoms with Crippen molar-refractivity contribution in [3.05, 3.63) is 36.4 Å². The molecular formula is C19H27N3O3S. The van der Waals surface area contributed by atoms with Crippen LogP contribution in [0.2, 0.25) is 0 Å². The fourth-order valence-corrected chi connectivity index (χ4v) is 3.27. The average Bonchev–Trinajstić information content (AvgIpc) is 2.56. The van der Waals surface area contributed by atoms with Gasteiger partial charge in [-0.2, -0.15) is 0 Å². The molecule has 0 saturated carbocycles. The van der Waals surface area contributed by atoms with Gasteiger partial charge in [-0.3, -0.25) is 4.79 Å². The van der Waals surface area contributed by atoms with Gasteiger partial charge in [-0.05, 0) is 70.0 Å². The zero-order chi connectivity index (χ0) is 19.2. The maximum absolute atomic E-state index is 12.1. The van der Waals surface area contributed by atoms with Crippen molar-refractivity contribution in [3.63, 3.8) is 0 Å². The lowest BCUT2D eigenvalue weighted by Gasteiger charge is -2.34. The van der Waals surface area contributed by atoms with E-state index in [1.165, 1.54) is 6.08 Å². The average molecular weight is 378 g/mol. The summed E-state index contributed by atoms with van der Waals surface area (Å²) in [7, 11) is 0. The second-order valence-electron chi connectivity index (χ2n) is 7.00. The summed E-state index contributed by atoms with van der Waals surface area (Å²) in [6, 6.07) is 7.74. The van der Waals surface area contributed by atoms with E-state index in [1.54, 1.807) is 22.9 Å². The van der Waals surface area contributed by atoms with Gasteiger partial charge in [-0.1, -0.05) is 6.08 Å². The molecule has 0 radical (unpaired) electrons. The Morgan fingerprint density at radius 3 is 2.27 bits per heavy atom. The Labute approximate surface area is 159 Å². The first-order chi connectivity index (χ1) is 12.3. The van der Waals surface area contributed by atoms with E-state index >= 15 is 0 Å². The Balaban J connectivity index is 1.80. The zero-order valence-electron chi connectivity index (χ0n) is 15.8. The number of anilines is 1. The largest absolute Gasteiger partial charge is 0.444 e. The van der Waals surface area contributed by atoms with E-state index in [0.717, 1.165) is 23.7 Å². The summed E-state index contributed by atoms with van der Waals surface area (Å²) in [6.45, 7) is 10.3. The highest BCUT2D eigenvalue weighted by Crippen LogP contribution is 2.25. The van der Waals surface area contributed by atoms with Gasteiger partial charge in [0.1, 0.15) is 5.60 Å². The van der Waals surface area contributed by atoms with Crippen molar-refractivity contribution in [1.29, 1.82) is 0 Å². The lowest BCUT2D eigenvalue weighted by molar-refractivity contribution is -0.111. The van der Waals surface area contributed by atoms with Crippen molar-refractivity contribution in [1.82, 2.24) is 9.21 Å². The molecule has 0 atom stereocenters. The van der Waals surface area contributed by atoms with Gasteiger partial charge in [0.15, 0.2) is 0 Å². The number of nitrogens with zero attached hydrogens (tertiary/aromatic N) is 2. The summed E-state index contributed by atoms with van der Waals surface area (Å²) in [6.07, 6.45) is 2.95. The van der Waals surface area contributed by atoms with Crippen LogP contribution in [0.25, 0.3) is 0 Å². The summed E-state index contributed by atoms with van der Waals surface area (Å²) in [4.78, 5) is 26.5.